The summed E-state index contributed by atoms with van der Waals surface area (Å²) in [4.78, 5) is 12.0. The summed E-state index contributed by atoms with van der Waals surface area (Å²) in [6, 6.07) is 7.29. The Balaban J connectivity index is 2.49. The molecule has 0 unspecified atom stereocenters. The van der Waals surface area contributed by atoms with Crippen molar-refractivity contribution in [1.82, 2.24) is 5.32 Å². The van der Waals surface area contributed by atoms with E-state index in [2.05, 4.69) is 11.2 Å². The predicted octanol–water partition coefficient (Wildman–Crippen LogP) is 4.18. The molecule has 0 heterocycles. The molecule has 1 N–H and O–H groups in total. The molecule has 0 aliphatic carbocycles. The number of amides is 1. The van der Waals surface area contributed by atoms with E-state index in [0.29, 0.717) is 0 Å². The molecule has 0 saturated heterocycles. The van der Waals surface area contributed by atoms with Crippen LogP contribution in [-0.2, 0) is 0 Å². The molecule has 25 heavy (non-hydrogen) atoms. The fourth-order valence-corrected chi connectivity index (χ4v) is 1.89. The summed E-state index contributed by atoms with van der Waals surface area (Å²) in [7, 11) is 0. The number of terminal acetylenes is 1. The van der Waals surface area contributed by atoms with Crippen molar-refractivity contribution in [2.24, 2.45) is 0 Å². The first kappa shape index (κ1) is 18.3. The van der Waals surface area contributed by atoms with Gasteiger partial charge in [-0.25, -0.2) is 8.78 Å². The molecule has 0 fully saturated rings. The van der Waals surface area contributed by atoms with Gasteiger partial charge in [0.1, 0.15) is 11.3 Å². The molecule has 0 aliphatic heterocycles. The lowest BCUT2D eigenvalue weighted by Crippen LogP contribution is -2.43. The second-order valence-corrected chi connectivity index (χ2v) is 5.60. The Bertz CT molecular complexity index is 829. The molecule has 0 aromatic heterocycles. The smallest absolute Gasteiger partial charge is 0.258 e. The van der Waals surface area contributed by atoms with Crippen molar-refractivity contribution in [1.29, 1.82) is 0 Å². The fourth-order valence-electron chi connectivity index (χ4n) is 1.89. The van der Waals surface area contributed by atoms with Crippen molar-refractivity contribution in [3.63, 3.8) is 0 Å². The summed E-state index contributed by atoms with van der Waals surface area (Å²) >= 11 is 0. The van der Waals surface area contributed by atoms with Gasteiger partial charge in [0, 0.05) is 0 Å². The minimum atomic E-state index is -1.88. The van der Waals surface area contributed by atoms with Gasteiger partial charge in [-0.2, -0.15) is 8.78 Å². The van der Waals surface area contributed by atoms with E-state index in [0.717, 1.165) is 0 Å². The third-order valence-electron chi connectivity index (χ3n) is 3.20. The number of benzene rings is 2. The van der Waals surface area contributed by atoms with E-state index in [-0.39, 0.29) is 5.75 Å². The van der Waals surface area contributed by atoms with E-state index in [9.17, 15) is 22.4 Å². The number of carbonyl (C=O) groups is 1. The Labute approximate surface area is 141 Å². The molecule has 0 radical (unpaired) electrons. The zero-order valence-corrected chi connectivity index (χ0v) is 13.3. The van der Waals surface area contributed by atoms with Crippen LogP contribution in [0, 0.1) is 35.6 Å². The molecule has 130 valence electrons. The normalized spacial score (nSPS) is 10.9. The van der Waals surface area contributed by atoms with Crippen molar-refractivity contribution in [3.8, 4) is 23.8 Å². The second-order valence-electron chi connectivity index (χ2n) is 5.60. The third-order valence-corrected chi connectivity index (χ3v) is 3.20. The number of halogens is 4. The van der Waals surface area contributed by atoms with Crippen LogP contribution in [0.15, 0.2) is 30.3 Å². The lowest BCUT2D eigenvalue weighted by molar-refractivity contribution is 0.0918. The monoisotopic (exact) mass is 351 g/mol. The van der Waals surface area contributed by atoms with Crippen LogP contribution < -0.4 is 10.1 Å². The highest BCUT2D eigenvalue weighted by Gasteiger charge is 2.32. The summed E-state index contributed by atoms with van der Waals surface area (Å²) in [6.07, 6.45) is 5.16. The van der Waals surface area contributed by atoms with Gasteiger partial charge in [0.25, 0.3) is 5.91 Å². The van der Waals surface area contributed by atoms with Gasteiger partial charge in [0.15, 0.2) is 11.6 Å². The topological polar surface area (TPSA) is 38.3 Å². The molecule has 0 aliphatic rings. The Morgan fingerprint density at radius 1 is 1.04 bits per heavy atom. The van der Waals surface area contributed by atoms with Crippen molar-refractivity contribution < 1.29 is 27.1 Å². The van der Waals surface area contributed by atoms with Gasteiger partial charge in [0.2, 0.25) is 17.4 Å². The Hall–Kier alpha value is -3.01. The van der Waals surface area contributed by atoms with Gasteiger partial charge in [-0.05, 0) is 26.0 Å². The number of para-hydroxylation sites is 1. The molecule has 2 aromatic rings. The lowest BCUT2D eigenvalue weighted by atomic mass is 10.1. The lowest BCUT2D eigenvalue weighted by Gasteiger charge is -2.20. The molecular weight excluding hydrogens is 338 g/mol. The van der Waals surface area contributed by atoms with Crippen LogP contribution in [0.2, 0.25) is 0 Å². The minimum absolute atomic E-state index is 0.0373. The van der Waals surface area contributed by atoms with Crippen molar-refractivity contribution in [2.75, 3.05) is 0 Å². The van der Waals surface area contributed by atoms with Crippen LogP contribution in [-0.4, -0.2) is 11.4 Å². The summed E-state index contributed by atoms with van der Waals surface area (Å²) in [5.41, 5.74) is -2.69. The van der Waals surface area contributed by atoms with E-state index in [4.69, 9.17) is 11.2 Å². The highest BCUT2D eigenvalue weighted by Crippen LogP contribution is 2.33. The molecule has 2 aromatic carbocycles. The first-order chi connectivity index (χ1) is 11.7. The van der Waals surface area contributed by atoms with Gasteiger partial charge in [-0.3, -0.25) is 4.79 Å². The zero-order chi connectivity index (χ0) is 18.8. The Morgan fingerprint density at radius 3 is 2.04 bits per heavy atom. The third kappa shape index (κ3) is 3.74. The van der Waals surface area contributed by atoms with E-state index in [1.165, 1.54) is 38.1 Å². The van der Waals surface area contributed by atoms with E-state index < -0.39 is 46.0 Å². The summed E-state index contributed by atoms with van der Waals surface area (Å²) in [6.45, 7) is 2.75. The quantitative estimate of drug-likeness (QED) is 0.510. The summed E-state index contributed by atoms with van der Waals surface area (Å²) < 4.78 is 61.5. The van der Waals surface area contributed by atoms with E-state index >= 15 is 0 Å². The molecular formula is C18H13F4NO2. The predicted molar refractivity (Wildman–Crippen MR) is 83.2 cm³/mol. The van der Waals surface area contributed by atoms with Crippen LogP contribution in [0.3, 0.4) is 0 Å². The molecule has 0 bridgehead atoms. The van der Waals surface area contributed by atoms with Crippen LogP contribution >= 0.6 is 0 Å². The number of nitrogens with one attached hydrogen (secondary N) is 1. The second kappa shape index (κ2) is 6.85. The van der Waals surface area contributed by atoms with Crippen molar-refractivity contribution in [2.45, 2.75) is 19.4 Å². The van der Waals surface area contributed by atoms with E-state index in [1.54, 1.807) is 6.07 Å². The van der Waals surface area contributed by atoms with Crippen molar-refractivity contribution >= 4 is 5.91 Å². The number of rotatable bonds is 4. The number of ether oxygens (including phenoxy) is 1. The SMILES string of the molecule is C#CC(C)(C)NC(=O)c1c(F)c(F)c(Oc2ccccc2)c(F)c1F. The van der Waals surface area contributed by atoms with Gasteiger partial charge >= 0.3 is 0 Å². The Kier molecular flexibility index (Phi) is 5.02. The van der Waals surface area contributed by atoms with Gasteiger partial charge in [-0.15, -0.1) is 6.42 Å². The van der Waals surface area contributed by atoms with Crippen LogP contribution in [0.5, 0.6) is 11.5 Å². The molecule has 3 nitrogen and oxygen atoms in total. The molecule has 7 heteroatoms. The Morgan fingerprint density at radius 2 is 1.56 bits per heavy atom. The number of carbonyl (C=O) groups excluding carboxylic acids is 1. The maximum absolute atomic E-state index is 14.2. The molecule has 0 atom stereocenters. The molecule has 0 saturated carbocycles. The van der Waals surface area contributed by atoms with Crippen LogP contribution in [0.25, 0.3) is 0 Å². The fraction of sp³-hybridized carbons (Fsp3) is 0.167. The highest BCUT2D eigenvalue weighted by molar-refractivity contribution is 5.95. The standard InChI is InChI=1S/C18H13F4NO2/c1-4-18(2,3)23-17(24)11-12(19)14(21)16(15(22)13(11)20)25-10-8-6-5-7-9-10/h1,5-9H,2-3H3,(H,23,24). The van der Waals surface area contributed by atoms with E-state index in [1.807, 2.05) is 0 Å². The maximum Gasteiger partial charge on any atom is 0.258 e. The summed E-state index contributed by atoms with van der Waals surface area (Å²) in [5.74, 6) is -7.96. The van der Waals surface area contributed by atoms with Gasteiger partial charge in [0.05, 0.1) is 5.54 Å². The maximum atomic E-state index is 14.2. The van der Waals surface area contributed by atoms with Crippen LogP contribution in [0.4, 0.5) is 17.6 Å². The number of hydrogen-bond acceptors (Lipinski definition) is 2. The average molecular weight is 351 g/mol. The molecule has 0 spiro atoms. The van der Waals surface area contributed by atoms with Gasteiger partial charge in [-0.1, -0.05) is 24.1 Å². The zero-order valence-electron chi connectivity index (χ0n) is 13.3. The number of hydrogen-bond donors (Lipinski definition) is 1. The largest absolute Gasteiger partial charge is 0.451 e. The first-order valence-corrected chi connectivity index (χ1v) is 7.07. The first-order valence-electron chi connectivity index (χ1n) is 7.07. The molecule has 1 amide bonds. The highest BCUT2D eigenvalue weighted by atomic mass is 19.2. The molecule has 2 rings (SSSR count). The summed E-state index contributed by atoms with van der Waals surface area (Å²) in [5, 5.41) is 2.10. The van der Waals surface area contributed by atoms with Crippen molar-refractivity contribution in [3.05, 3.63) is 59.2 Å². The minimum Gasteiger partial charge on any atom is -0.451 e. The average Bonchev–Trinajstić information content (AvgIpc) is 2.57. The van der Waals surface area contributed by atoms with Crippen LogP contribution in [0.1, 0.15) is 24.2 Å². The van der Waals surface area contributed by atoms with Gasteiger partial charge < -0.3 is 10.1 Å².